The van der Waals surface area contributed by atoms with Gasteiger partial charge in [-0.2, -0.15) is 4.98 Å². The number of halogens is 1. The molecule has 1 saturated heterocycles. The van der Waals surface area contributed by atoms with Crippen LogP contribution in [-0.2, 0) is 25.4 Å². The smallest absolute Gasteiger partial charge is 0.338 e. The molecule has 0 atom stereocenters. The number of methoxy groups -OCH3 is 3. The lowest BCUT2D eigenvalue weighted by Gasteiger charge is -2.32. The number of aromatic nitrogens is 4. The van der Waals surface area contributed by atoms with E-state index in [1.165, 1.54) is 38.0 Å². The lowest BCUT2D eigenvalue weighted by molar-refractivity contribution is 0.0487. The molecule has 38 heavy (non-hydrogen) atoms. The predicted octanol–water partition coefficient (Wildman–Crippen LogP) is 0.490. The topological polar surface area (TPSA) is 122 Å². The fourth-order valence-electron chi connectivity index (χ4n) is 4.43. The third-order valence-electron chi connectivity index (χ3n) is 6.57. The Morgan fingerprint density at radius 3 is 2.08 bits per heavy atom. The molecule has 0 spiro atoms. The van der Waals surface area contributed by atoms with Gasteiger partial charge in [-0.15, -0.1) is 12.4 Å². The second-order valence-electron chi connectivity index (χ2n) is 8.78. The number of esters is 1. The van der Waals surface area contributed by atoms with Crippen LogP contribution in [-0.4, -0.2) is 90.7 Å². The molecule has 13 nitrogen and oxygen atoms in total. The molecule has 3 heterocycles. The quantitative estimate of drug-likeness (QED) is 0.365. The molecule has 208 valence electrons. The van der Waals surface area contributed by atoms with E-state index in [0.717, 1.165) is 30.7 Å². The Bertz CT molecular complexity index is 1410. The molecular formula is C24H33ClN6O7. The molecule has 1 fully saturated rings. The first-order chi connectivity index (χ1) is 17.7. The van der Waals surface area contributed by atoms with Gasteiger partial charge in [0.15, 0.2) is 22.7 Å². The van der Waals surface area contributed by atoms with Crippen molar-refractivity contribution in [1.82, 2.24) is 23.6 Å². The van der Waals surface area contributed by atoms with Crippen LogP contribution in [0, 0.1) is 0 Å². The van der Waals surface area contributed by atoms with E-state index in [-0.39, 0.29) is 31.1 Å². The van der Waals surface area contributed by atoms with Crippen LogP contribution in [0.15, 0.2) is 21.7 Å². The van der Waals surface area contributed by atoms with Crippen molar-refractivity contribution in [2.45, 2.75) is 6.54 Å². The molecule has 3 aromatic rings. The summed E-state index contributed by atoms with van der Waals surface area (Å²) in [5.74, 6) is 0.926. The van der Waals surface area contributed by atoms with Crippen molar-refractivity contribution in [3.63, 3.8) is 0 Å². The lowest BCUT2D eigenvalue weighted by atomic mass is 10.2. The zero-order chi connectivity index (χ0) is 26.9. The second kappa shape index (κ2) is 11.8. The zero-order valence-electron chi connectivity index (χ0n) is 22.3. The van der Waals surface area contributed by atoms with E-state index in [0.29, 0.717) is 34.4 Å². The number of carbonyl (C=O) groups excluding carboxylic acids is 1. The minimum Gasteiger partial charge on any atom is -0.493 e. The molecule has 1 aromatic carbocycles. The molecule has 1 aliphatic rings. The summed E-state index contributed by atoms with van der Waals surface area (Å²) >= 11 is 0. The Hall–Kier alpha value is -3.71. The van der Waals surface area contributed by atoms with Crippen LogP contribution >= 0.6 is 12.4 Å². The Kier molecular flexibility index (Phi) is 8.94. The maximum Gasteiger partial charge on any atom is 0.338 e. The number of ether oxygens (including phenoxy) is 4. The Balaban J connectivity index is 0.00000400. The zero-order valence-corrected chi connectivity index (χ0v) is 23.2. The molecule has 14 heteroatoms. The SMILES string of the molecule is COc1cc(C(=O)OCCn2c(=O)c3c(nc(N4CCN(C)CC4)n3C)n(C)c2=O)cc(OC)c1OC.Cl. The first-order valence-corrected chi connectivity index (χ1v) is 11.8. The number of benzene rings is 1. The monoisotopic (exact) mass is 552 g/mol. The summed E-state index contributed by atoms with van der Waals surface area (Å²) in [6, 6.07) is 2.94. The summed E-state index contributed by atoms with van der Waals surface area (Å²) in [7, 11) is 9.75. The van der Waals surface area contributed by atoms with Gasteiger partial charge in [-0.05, 0) is 19.2 Å². The lowest BCUT2D eigenvalue weighted by Crippen LogP contribution is -2.45. The van der Waals surface area contributed by atoms with Crippen molar-refractivity contribution in [2.24, 2.45) is 14.1 Å². The van der Waals surface area contributed by atoms with Crippen LogP contribution in [0.25, 0.3) is 11.2 Å². The number of piperazine rings is 1. The van der Waals surface area contributed by atoms with E-state index in [1.807, 2.05) is 0 Å². The minimum absolute atomic E-state index is 0. The third kappa shape index (κ3) is 5.16. The average molecular weight is 553 g/mol. The summed E-state index contributed by atoms with van der Waals surface area (Å²) in [5, 5.41) is 0. The van der Waals surface area contributed by atoms with Gasteiger partial charge in [-0.1, -0.05) is 0 Å². The molecule has 1 aliphatic heterocycles. The second-order valence-corrected chi connectivity index (χ2v) is 8.78. The molecule has 2 aromatic heterocycles. The van der Waals surface area contributed by atoms with Crippen molar-refractivity contribution in [3.05, 3.63) is 38.5 Å². The van der Waals surface area contributed by atoms with E-state index in [4.69, 9.17) is 18.9 Å². The highest BCUT2D eigenvalue weighted by Gasteiger charge is 2.24. The molecule has 0 unspecified atom stereocenters. The van der Waals surface area contributed by atoms with E-state index in [2.05, 4.69) is 21.8 Å². The number of carbonyl (C=O) groups is 1. The Labute approximate surface area is 225 Å². The van der Waals surface area contributed by atoms with Crippen LogP contribution in [0.3, 0.4) is 0 Å². The Morgan fingerprint density at radius 2 is 1.53 bits per heavy atom. The van der Waals surface area contributed by atoms with Crippen molar-refractivity contribution in [3.8, 4) is 17.2 Å². The highest BCUT2D eigenvalue weighted by Crippen LogP contribution is 2.38. The number of fused-ring (bicyclic) bond motifs is 1. The number of anilines is 1. The van der Waals surface area contributed by atoms with Crippen LogP contribution in [0.1, 0.15) is 10.4 Å². The van der Waals surface area contributed by atoms with Crippen molar-refractivity contribution < 1.29 is 23.7 Å². The van der Waals surface area contributed by atoms with Crippen LogP contribution in [0.5, 0.6) is 17.2 Å². The van der Waals surface area contributed by atoms with Gasteiger partial charge in [0.25, 0.3) is 5.56 Å². The number of imidazole rings is 1. The molecule has 0 bridgehead atoms. The standard InChI is InChI=1S/C24H32N6O7.ClH/c1-26-7-9-29(10-8-26)23-25-20-18(27(23)2)21(31)30(24(33)28(20)3)11-12-37-22(32)15-13-16(34-4)19(36-6)17(14-15)35-5;/h13-14H,7-12H2,1-6H3;1H. The number of nitrogens with zero attached hydrogens (tertiary/aromatic N) is 6. The van der Waals surface area contributed by atoms with Gasteiger partial charge in [0, 0.05) is 40.3 Å². The third-order valence-corrected chi connectivity index (χ3v) is 6.57. The number of hydrogen-bond acceptors (Lipinski definition) is 10. The van der Waals surface area contributed by atoms with Crippen LogP contribution in [0.4, 0.5) is 5.95 Å². The summed E-state index contributed by atoms with van der Waals surface area (Å²) in [5.41, 5.74) is -0.223. The number of rotatable bonds is 8. The molecule has 4 rings (SSSR count). The first kappa shape index (κ1) is 28.9. The summed E-state index contributed by atoms with van der Waals surface area (Å²) in [6.07, 6.45) is 0. The summed E-state index contributed by atoms with van der Waals surface area (Å²) in [6.45, 7) is 2.98. The predicted molar refractivity (Wildman–Crippen MR) is 144 cm³/mol. The number of aryl methyl sites for hydroxylation is 2. The highest BCUT2D eigenvalue weighted by molar-refractivity contribution is 5.91. The van der Waals surface area contributed by atoms with E-state index in [1.54, 1.807) is 18.7 Å². The van der Waals surface area contributed by atoms with Crippen LogP contribution in [0.2, 0.25) is 0 Å². The van der Waals surface area contributed by atoms with Gasteiger partial charge in [0.2, 0.25) is 11.7 Å². The van der Waals surface area contributed by atoms with Crippen molar-refractivity contribution in [1.29, 1.82) is 0 Å². The fourth-order valence-corrected chi connectivity index (χ4v) is 4.43. The summed E-state index contributed by atoms with van der Waals surface area (Å²) < 4.78 is 25.3. The van der Waals surface area contributed by atoms with Crippen molar-refractivity contribution in [2.75, 3.05) is 66.1 Å². The molecule has 0 amide bonds. The van der Waals surface area contributed by atoms with Gasteiger partial charge in [-0.25, -0.2) is 9.59 Å². The van der Waals surface area contributed by atoms with E-state index >= 15 is 0 Å². The number of hydrogen-bond donors (Lipinski definition) is 0. The Morgan fingerprint density at radius 1 is 0.921 bits per heavy atom. The number of likely N-dealkylation sites (N-methyl/N-ethyl adjacent to an activating group) is 1. The van der Waals surface area contributed by atoms with Gasteiger partial charge in [-0.3, -0.25) is 13.9 Å². The van der Waals surface area contributed by atoms with Crippen LogP contribution < -0.4 is 30.4 Å². The molecular weight excluding hydrogens is 520 g/mol. The summed E-state index contributed by atoms with van der Waals surface area (Å²) in [4.78, 5) is 48.0. The largest absolute Gasteiger partial charge is 0.493 e. The maximum atomic E-state index is 13.3. The minimum atomic E-state index is -0.664. The molecule has 0 aliphatic carbocycles. The fraction of sp³-hybridized carbons (Fsp3) is 0.500. The molecule has 0 radical (unpaired) electrons. The average Bonchev–Trinajstić information content (AvgIpc) is 3.25. The van der Waals surface area contributed by atoms with Gasteiger partial charge in [0.1, 0.15) is 6.61 Å². The normalized spacial score (nSPS) is 13.8. The van der Waals surface area contributed by atoms with Gasteiger partial charge in [0.05, 0.1) is 33.4 Å². The maximum absolute atomic E-state index is 13.3. The molecule has 0 N–H and O–H groups in total. The van der Waals surface area contributed by atoms with Gasteiger partial charge < -0.3 is 33.3 Å². The molecule has 0 saturated carbocycles. The van der Waals surface area contributed by atoms with Crippen molar-refractivity contribution >= 4 is 35.5 Å². The highest BCUT2D eigenvalue weighted by atomic mass is 35.5. The van der Waals surface area contributed by atoms with Gasteiger partial charge >= 0.3 is 11.7 Å². The van der Waals surface area contributed by atoms with E-state index in [9.17, 15) is 14.4 Å². The first-order valence-electron chi connectivity index (χ1n) is 11.8. The van der Waals surface area contributed by atoms with E-state index < -0.39 is 17.2 Å².